The number of benzene rings is 2. The van der Waals surface area contributed by atoms with Gasteiger partial charge in [0.25, 0.3) is 5.56 Å². The van der Waals surface area contributed by atoms with Gasteiger partial charge in [-0.1, -0.05) is 42.5 Å². The van der Waals surface area contributed by atoms with Crippen molar-refractivity contribution in [1.82, 2.24) is 14.5 Å². The smallest absolute Gasteiger partial charge is 0.273 e. The second kappa shape index (κ2) is 6.78. The Labute approximate surface area is 146 Å². The van der Waals surface area contributed by atoms with E-state index < -0.39 is 0 Å². The molecule has 0 aliphatic carbocycles. The van der Waals surface area contributed by atoms with Crippen LogP contribution in [0.25, 0.3) is 11.0 Å². The Hall–Kier alpha value is -2.50. The van der Waals surface area contributed by atoms with Gasteiger partial charge in [-0.3, -0.25) is 9.69 Å². The van der Waals surface area contributed by atoms with E-state index in [0.29, 0.717) is 18.8 Å². The molecule has 1 aliphatic heterocycles. The van der Waals surface area contributed by atoms with E-state index in [1.54, 1.807) is 4.57 Å². The van der Waals surface area contributed by atoms with Crippen LogP contribution in [-0.4, -0.2) is 34.1 Å². The zero-order chi connectivity index (χ0) is 17.2. The van der Waals surface area contributed by atoms with E-state index in [9.17, 15) is 4.79 Å². The van der Waals surface area contributed by atoms with Crippen molar-refractivity contribution in [2.45, 2.75) is 12.6 Å². The Morgan fingerprint density at radius 1 is 1.12 bits per heavy atom. The minimum absolute atomic E-state index is 0.0264. The van der Waals surface area contributed by atoms with Crippen molar-refractivity contribution in [3.63, 3.8) is 0 Å². The quantitative estimate of drug-likeness (QED) is 0.738. The number of aryl methyl sites for hydroxylation is 1. The molecule has 0 bridgehead atoms. The normalized spacial score (nSPS) is 18.5. The summed E-state index contributed by atoms with van der Waals surface area (Å²) in [5.74, 6) is 0. The number of hydrogen-bond donors (Lipinski definition) is 0. The van der Waals surface area contributed by atoms with Crippen molar-refractivity contribution in [2.24, 2.45) is 7.05 Å². The fourth-order valence-corrected chi connectivity index (χ4v) is 3.37. The molecule has 0 spiro atoms. The number of ether oxygens (including phenoxy) is 1. The van der Waals surface area contributed by atoms with Gasteiger partial charge in [0.05, 0.1) is 23.7 Å². The van der Waals surface area contributed by atoms with Crippen LogP contribution >= 0.6 is 0 Å². The molecular weight excluding hydrogens is 314 g/mol. The molecule has 128 valence electrons. The zero-order valence-corrected chi connectivity index (χ0v) is 14.3. The van der Waals surface area contributed by atoms with Crippen LogP contribution in [-0.2, 0) is 18.3 Å². The van der Waals surface area contributed by atoms with Crippen LogP contribution in [0.3, 0.4) is 0 Å². The van der Waals surface area contributed by atoms with Crippen LogP contribution in [0.1, 0.15) is 17.4 Å². The van der Waals surface area contributed by atoms with E-state index in [4.69, 9.17) is 4.74 Å². The molecule has 1 saturated heterocycles. The summed E-state index contributed by atoms with van der Waals surface area (Å²) in [6.45, 7) is 2.78. The third kappa shape index (κ3) is 3.21. The molecule has 1 aromatic heterocycles. The number of para-hydroxylation sites is 2. The van der Waals surface area contributed by atoms with Gasteiger partial charge >= 0.3 is 0 Å². The van der Waals surface area contributed by atoms with Crippen molar-refractivity contribution >= 4 is 11.0 Å². The van der Waals surface area contributed by atoms with Crippen molar-refractivity contribution in [3.8, 4) is 0 Å². The van der Waals surface area contributed by atoms with Crippen LogP contribution in [0.4, 0.5) is 0 Å². The molecule has 0 radical (unpaired) electrons. The molecule has 1 fully saturated rings. The van der Waals surface area contributed by atoms with Gasteiger partial charge in [0.1, 0.15) is 5.69 Å². The molecule has 1 atom stereocenters. The first-order chi connectivity index (χ1) is 12.2. The number of aromatic nitrogens is 2. The number of fused-ring (bicyclic) bond motifs is 1. The molecule has 2 aromatic carbocycles. The summed E-state index contributed by atoms with van der Waals surface area (Å²) in [5, 5.41) is 0. The molecule has 0 N–H and O–H groups in total. The first kappa shape index (κ1) is 16.0. The van der Waals surface area contributed by atoms with Gasteiger partial charge in [-0.2, -0.15) is 0 Å². The van der Waals surface area contributed by atoms with Gasteiger partial charge in [0.2, 0.25) is 0 Å². The largest absolute Gasteiger partial charge is 0.371 e. The molecule has 5 nitrogen and oxygen atoms in total. The van der Waals surface area contributed by atoms with Gasteiger partial charge in [0.15, 0.2) is 0 Å². The predicted molar refractivity (Wildman–Crippen MR) is 97.4 cm³/mol. The highest BCUT2D eigenvalue weighted by atomic mass is 16.5. The molecular formula is C20H21N3O2. The fraction of sp³-hybridized carbons (Fsp3) is 0.300. The standard InChI is InChI=1S/C20H21N3O2/c1-22-18-10-6-5-9-16(18)21-17(20(22)24)13-23-11-12-25-19(14-23)15-7-3-2-4-8-15/h2-10,19H,11-14H2,1H3. The highest BCUT2D eigenvalue weighted by Crippen LogP contribution is 2.22. The molecule has 0 saturated carbocycles. The summed E-state index contributed by atoms with van der Waals surface area (Å²) < 4.78 is 7.60. The molecule has 0 amide bonds. The monoisotopic (exact) mass is 335 g/mol. The van der Waals surface area contributed by atoms with Crippen molar-refractivity contribution in [2.75, 3.05) is 19.7 Å². The van der Waals surface area contributed by atoms with Crippen molar-refractivity contribution < 1.29 is 4.74 Å². The maximum Gasteiger partial charge on any atom is 0.273 e. The van der Waals surface area contributed by atoms with Gasteiger partial charge < -0.3 is 9.30 Å². The SMILES string of the molecule is Cn1c(=O)c(CN2CCOC(c3ccccc3)C2)nc2ccccc21. The predicted octanol–water partition coefficient (Wildman–Crippen LogP) is 2.51. The Balaban J connectivity index is 1.59. The van der Waals surface area contributed by atoms with Crippen LogP contribution in [0, 0.1) is 0 Å². The van der Waals surface area contributed by atoms with E-state index in [2.05, 4.69) is 22.0 Å². The van der Waals surface area contributed by atoms with E-state index in [1.165, 1.54) is 5.56 Å². The Bertz CT molecular complexity index is 937. The molecule has 3 aromatic rings. The lowest BCUT2D eigenvalue weighted by Gasteiger charge is -2.32. The zero-order valence-electron chi connectivity index (χ0n) is 14.3. The highest BCUT2D eigenvalue weighted by Gasteiger charge is 2.23. The molecule has 5 heteroatoms. The minimum atomic E-state index is -0.0264. The number of rotatable bonds is 3. The van der Waals surface area contributed by atoms with Crippen molar-refractivity contribution in [1.29, 1.82) is 0 Å². The van der Waals surface area contributed by atoms with E-state index in [1.807, 2.05) is 49.5 Å². The molecule has 25 heavy (non-hydrogen) atoms. The molecule has 1 aliphatic rings. The lowest BCUT2D eigenvalue weighted by atomic mass is 10.1. The number of hydrogen-bond acceptors (Lipinski definition) is 4. The summed E-state index contributed by atoms with van der Waals surface area (Å²) in [5.41, 5.74) is 3.45. The van der Waals surface area contributed by atoms with E-state index in [0.717, 1.165) is 24.1 Å². The first-order valence-corrected chi connectivity index (χ1v) is 8.56. The van der Waals surface area contributed by atoms with Crippen LogP contribution in [0.15, 0.2) is 59.4 Å². The topological polar surface area (TPSA) is 47.4 Å². The summed E-state index contributed by atoms with van der Waals surface area (Å²) in [6, 6.07) is 18.0. The van der Waals surface area contributed by atoms with Gasteiger partial charge in [-0.25, -0.2) is 4.98 Å². The lowest BCUT2D eigenvalue weighted by Crippen LogP contribution is -2.39. The van der Waals surface area contributed by atoms with Gasteiger partial charge in [0, 0.05) is 26.7 Å². The Kier molecular flexibility index (Phi) is 4.34. The summed E-state index contributed by atoms with van der Waals surface area (Å²) in [7, 11) is 1.81. The van der Waals surface area contributed by atoms with Crippen molar-refractivity contribution in [3.05, 3.63) is 76.2 Å². The Morgan fingerprint density at radius 3 is 2.72 bits per heavy atom. The minimum Gasteiger partial charge on any atom is -0.371 e. The Morgan fingerprint density at radius 2 is 1.88 bits per heavy atom. The van der Waals surface area contributed by atoms with Crippen LogP contribution in [0.2, 0.25) is 0 Å². The van der Waals surface area contributed by atoms with E-state index in [-0.39, 0.29) is 11.7 Å². The third-order valence-corrected chi connectivity index (χ3v) is 4.75. The molecule has 1 unspecified atom stereocenters. The highest BCUT2D eigenvalue weighted by molar-refractivity contribution is 5.74. The second-order valence-corrected chi connectivity index (χ2v) is 6.42. The maximum absolute atomic E-state index is 12.7. The molecule has 2 heterocycles. The number of morpholine rings is 1. The maximum atomic E-state index is 12.7. The van der Waals surface area contributed by atoms with E-state index >= 15 is 0 Å². The van der Waals surface area contributed by atoms with Gasteiger partial charge in [-0.05, 0) is 17.7 Å². The fourth-order valence-electron chi connectivity index (χ4n) is 3.37. The average Bonchev–Trinajstić information content (AvgIpc) is 2.67. The van der Waals surface area contributed by atoms with Crippen LogP contribution in [0.5, 0.6) is 0 Å². The summed E-state index contributed by atoms with van der Waals surface area (Å²) in [6.07, 6.45) is 0.0410. The lowest BCUT2D eigenvalue weighted by molar-refractivity contribution is -0.0334. The van der Waals surface area contributed by atoms with Gasteiger partial charge in [-0.15, -0.1) is 0 Å². The third-order valence-electron chi connectivity index (χ3n) is 4.75. The molecule has 4 rings (SSSR count). The second-order valence-electron chi connectivity index (χ2n) is 6.42. The average molecular weight is 335 g/mol. The first-order valence-electron chi connectivity index (χ1n) is 8.56. The number of nitrogens with zero attached hydrogens (tertiary/aromatic N) is 3. The summed E-state index contributed by atoms with van der Waals surface area (Å²) >= 11 is 0. The summed E-state index contributed by atoms with van der Waals surface area (Å²) in [4.78, 5) is 19.5. The van der Waals surface area contributed by atoms with Crippen LogP contribution < -0.4 is 5.56 Å².